The molecule has 0 aromatic rings. The first-order valence-electron chi connectivity index (χ1n) is 5.85. The number of urea groups is 1. The summed E-state index contributed by atoms with van der Waals surface area (Å²) in [6, 6.07) is -0.232. The molecule has 0 heterocycles. The zero-order chi connectivity index (χ0) is 14.0. The smallest absolute Gasteiger partial charge is 0.317 e. The van der Waals surface area contributed by atoms with E-state index in [2.05, 4.69) is 11.9 Å². The van der Waals surface area contributed by atoms with Gasteiger partial charge in [0.2, 0.25) is 0 Å². The van der Waals surface area contributed by atoms with Crippen molar-refractivity contribution in [2.24, 2.45) is 5.92 Å². The van der Waals surface area contributed by atoms with E-state index in [1.54, 1.807) is 25.0 Å². The van der Waals surface area contributed by atoms with Crippen molar-refractivity contribution in [1.29, 1.82) is 0 Å². The maximum atomic E-state index is 11.8. The molecule has 0 fully saturated rings. The molecule has 2 amide bonds. The third-order valence-corrected chi connectivity index (χ3v) is 2.33. The lowest BCUT2D eigenvalue weighted by Crippen LogP contribution is -2.43. The molecule has 18 heavy (non-hydrogen) atoms. The van der Waals surface area contributed by atoms with Crippen LogP contribution in [0.15, 0.2) is 12.7 Å². The standard InChI is InChI=1S/C12H22N2O4/c1-4-5-14(6-7-18-3)12(17)13-9-10(2)8-11(15)16/h4,10H,1,5-9H2,2-3H3,(H,13,17)(H,15,16). The largest absolute Gasteiger partial charge is 0.481 e. The molecule has 0 radical (unpaired) electrons. The zero-order valence-electron chi connectivity index (χ0n) is 11.0. The summed E-state index contributed by atoms with van der Waals surface area (Å²) in [4.78, 5) is 23.8. The molecule has 0 saturated heterocycles. The average molecular weight is 258 g/mol. The third kappa shape index (κ3) is 7.67. The van der Waals surface area contributed by atoms with E-state index in [4.69, 9.17) is 9.84 Å². The highest BCUT2D eigenvalue weighted by atomic mass is 16.5. The number of methoxy groups -OCH3 is 1. The van der Waals surface area contributed by atoms with Crippen LogP contribution < -0.4 is 5.32 Å². The van der Waals surface area contributed by atoms with Crippen molar-refractivity contribution in [2.75, 3.05) is 33.4 Å². The number of aliphatic carboxylic acids is 1. The van der Waals surface area contributed by atoms with Crippen molar-refractivity contribution >= 4 is 12.0 Å². The van der Waals surface area contributed by atoms with Crippen LogP contribution in [0.2, 0.25) is 0 Å². The molecule has 104 valence electrons. The summed E-state index contributed by atoms with van der Waals surface area (Å²) in [6.07, 6.45) is 1.68. The summed E-state index contributed by atoms with van der Waals surface area (Å²) in [5.74, 6) is -0.960. The van der Waals surface area contributed by atoms with Crippen molar-refractivity contribution in [3.8, 4) is 0 Å². The number of hydrogen-bond acceptors (Lipinski definition) is 3. The number of hydrogen-bond donors (Lipinski definition) is 2. The predicted octanol–water partition coefficient (Wildman–Crippen LogP) is 0.941. The van der Waals surface area contributed by atoms with E-state index in [9.17, 15) is 9.59 Å². The average Bonchev–Trinajstić information content (AvgIpc) is 2.30. The fraction of sp³-hybridized carbons (Fsp3) is 0.667. The number of amides is 2. The van der Waals surface area contributed by atoms with Gasteiger partial charge in [0.05, 0.1) is 6.61 Å². The summed E-state index contributed by atoms with van der Waals surface area (Å²) < 4.78 is 4.91. The second kappa shape index (κ2) is 9.47. The molecule has 0 bridgehead atoms. The van der Waals surface area contributed by atoms with Gasteiger partial charge in [0.15, 0.2) is 0 Å². The lowest BCUT2D eigenvalue weighted by molar-refractivity contribution is -0.137. The van der Waals surface area contributed by atoms with Crippen molar-refractivity contribution in [3.05, 3.63) is 12.7 Å². The zero-order valence-corrected chi connectivity index (χ0v) is 11.0. The molecular formula is C12H22N2O4. The van der Waals surface area contributed by atoms with Crippen LogP contribution in [-0.4, -0.2) is 55.4 Å². The Hall–Kier alpha value is -1.56. The number of rotatable bonds is 9. The van der Waals surface area contributed by atoms with E-state index >= 15 is 0 Å². The number of carbonyl (C=O) groups is 2. The number of carboxylic acids is 1. The molecule has 0 aliphatic rings. The summed E-state index contributed by atoms with van der Waals surface area (Å²) in [7, 11) is 1.57. The van der Waals surface area contributed by atoms with Gasteiger partial charge in [0, 0.05) is 33.2 Å². The molecule has 0 aliphatic heterocycles. The summed E-state index contributed by atoms with van der Waals surface area (Å²) in [5, 5.41) is 11.3. The Morgan fingerprint density at radius 1 is 1.56 bits per heavy atom. The molecule has 0 aliphatic carbocycles. The van der Waals surface area contributed by atoms with E-state index in [0.717, 1.165) is 0 Å². The highest BCUT2D eigenvalue weighted by Crippen LogP contribution is 2.00. The van der Waals surface area contributed by atoms with E-state index in [-0.39, 0.29) is 18.4 Å². The fourth-order valence-electron chi connectivity index (χ4n) is 1.38. The van der Waals surface area contributed by atoms with Crippen molar-refractivity contribution < 1.29 is 19.4 Å². The van der Waals surface area contributed by atoms with Crippen LogP contribution in [0.4, 0.5) is 4.79 Å². The van der Waals surface area contributed by atoms with Gasteiger partial charge in [-0.05, 0) is 5.92 Å². The molecule has 0 rings (SSSR count). The Labute approximate surface area is 108 Å². The topological polar surface area (TPSA) is 78.9 Å². The highest BCUT2D eigenvalue weighted by Gasteiger charge is 2.13. The van der Waals surface area contributed by atoms with E-state index in [1.165, 1.54) is 0 Å². The molecule has 0 spiro atoms. The maximum absolute atomic E-state index is 11.8. The molecule has 2 N–H and O–H groups in total. The monoisotopic (exact) mass is 258 g/mol. The molecule has 0 aromatic carbocycles. The van der Waals surface area contributed by atoms with Gasteiger partial charge in [0.25, 0.3) is 0 Å². The Morgan fingerprint density at radius 3 is 2.72 bits per heavy atom. The first kappa shape index (κ1) is 16.4. The first-order valence-corrected chi connectivity index (χ1v) is 5.85. The fourth-order valence-corrected chi connectivity index (χ4v) is 1.38. The summed E-state index contributed by atoms with van der Waals surface area (Å²) in [5.41, 5.74) is 0. The van der Waals surface area contributed by atoms with Gasteiger partial charge in [-0.15, -0.1) is 6.58 Å². The van der Waals surface area contributed by atoms with Gasteiger partial charge in [-0.25, -0.2) is 4.79 Å². The van der Waals surface area contributed by atoms with Crippen molar-refractivity contribution in [3.63, 3.8) is 0 Å². The van der Waals surface area contributed by atoms with Gasteiger partial charge >= 0.3 is 12.0 Å². The normalized spacial score (nSPS) is 11.7. The molecule has 6 nitrogen and oxygen atoms in total. The van der Waals surface area contributed by atoms with Crippen LogP contribution in [0.25, 0.3) is 0 Å². The molecule has 6 heteroatoms. The van der Waals surface area contributed by atoms with Crippen LogP contribution in [0.3, 0.4) is 0 Å². The highest BCUT2D eigenvalue weighted by molar-refractivity contribution is 5.74. The van der Waals surface area contributed by atoms with Crippen LogP contribution in [0, 0.1) is 5.92 Å². The second-order valence-electron chi connectivity index (χ2n) is 4.12. The lowest BCUT2D eigenvalue weighted by Gasteiger charge is -2.22. The Balaban J connectivity index is 4.08. The van der Waals surface area contributed by atoms with Gasteiger partial charge in [-0.3, -0.25) is 4.79 Å². The molecule has 0 saturated carbocycles. The Bertz CT molecular complexity index is 281. The van der Waals surface area contributed by atoms with E-state index in [0.29, 0.717) is 26.2 Å². The molecule has 1 atom stereocenters. The van der Waals surface area contributed by atoms with Crippen LogP contribution in [-0.2, 0) is 9.53 Å². The van der Waals surface area contributed by atoms with Crippen LogP contribution >= 0.6 is 0 Å². The third-order valence-electron chi connectivity index (χ3n) is 2.33. The van der Waals surface area contributed by atoms with Crippen LogP contribution in [0.1, 0.15) is 13.3 Å². The maximum Gasteiger partial charge on any atom is 0.317 e. The minimum atomic E-state index is -0.862. The lowest BCUT2D eigenvalue weighted by atomic mass is 10.1. The minimum Gasteiger partial charge on any atom is -0.481 e. The SMILES string of the molecule is C=CCN(CCOC)C(=O)NCC(C)CC(=O)O. The van der Waals surface area contributed by atoms with Gasteiger partial charge in [-0.1, -0.05) is 13.0 Å². The van der Waals surface area contributed by atoms with Gasteiger partial charge in [-0.2, -0.15) is 0 Å². The van der Waals surface area contributed by atoms with Crippen molar-refractivity contribution in [1.82, 2.24) is 10.2 Å². The number of ether oxygens (including phenoxy) is 1. The number of carbonyl (C=O) groups excluding carboxylic acids is 1. The number of carboxylic acid groups (broad SMARTS) is 1. The Morgan fingerprint density at radius 2 is 2.22 bits per heavy atom. The molecule has 1 unspecified atom stereocenters. The summed E-state index contributed by atoms with van der Waals surface area (Å²) in [6.45, 7) is 7.06. The van der Waals surface area contributed by atoms with Gasteiger partial charge < -0.3 is 20.1 Å². The second-order valence-corrected chi connectivity index (χ2v) is 4.12. The number of nitrogens with one attached hydrogen (secondary N) is 1. The van der Waals surface area contributed by atoms with Crippen molar-refractivity contribution in [2.45, 2.75) is 13.3 Å². The number of nitrogens with zero attached hydrogens (tertiary/aromatic N) is 1. The minimum absolute atomic E-state index is 0.0415. The quantitative estimate of drug-likeness (QED) is 0.603. The first-order chi connectivity index (χ1) is 8.51. The van der Waals surface area contributed by atoms with E-state index < -0.39 is 5.97 Å². The summed E-state index contributed by atoms with van der Waals surface area (Å²) >= 11 is 0. The van der Waals surface area contributed by atoms with Crippen LogP contribution in [0.5, 0.6) is 0 Å². The Kier molecular flexibility index (Phi) is 8.65. The van der Waals surface area contributed by atoms with Gasteiger partial charge in [0.1, 0.15) is 0 Å². The van der Waals surface area contributed by atoms with E-state index in [1.807, 2.05) is 0 Å². The molecule has 0 aromatic heterocycles. The molecular weight excluding hydrogens is 236 g/mol. The predicted molar refractivity (Wildman–Crippen MR) is 68.5 cm³/mol.